The van der Waals surface area contributed by atoms with E-state index in [1.54, 1.807) is 13.2 Å². The Balaban J connectivity index is 2.10. The van der Waals surface area contributed by atoms with Crippen molar-refractivity contribution in [1.29, 1.82) is 0 Å². The van der Waals surface area contributed by atoms with Gasteiger partial charge in [0.25, 0.3) is 0 Å². The van der Waals surface area contributed by atoms with Gasteiger partial charge in [-0.1, -0.05) is 49.2 Å². The number of fused-ring (bicyclic) bond motifs is 1. The van der Waals surface area contributed by atoms with Gasteiger partial charge in [-0.3, -0.25) is 4.90 Å². The maximum Gasteiger partial charge on any atom is 0.156 e. The summed E-state index contributed by atoms with van der Waals surface area (Å²) in [6.07, 6.45) is 0.873. The van der Waals surface area contributed by atoms with Crippen LogP contribution in [0.4, 0.5) is 0 Å². The number of benzene rings is 2. The zero-order chi connectivity index (χ0) is 17.3. The Labute approximate surface area is 153 Å². The van der Waals surface area contributed by atoms with Gasteiger partial charge < -0.3 is 9.47 Å². The lowest BCUT2D eigenvalue weighted by molar-refractivity contribution is 0.0518. The summed E-state index contributed by atoms with van der Waals surface area (Å²) in [7, 11) is 1.67. The molecule has 0 aromatic heterocycles. The van der Waals surface area contributed by atoms with Crippen LogP contribution < -0.4 is 9.47 Å². The van der Waals surface area contributed by atoms with E-state index < -0.39 is 0 Å². The largest absolute Gasteiger partial charge is 0.497 e. The maximum atomic E-state index is 6.44. The molecule has 5 heteroatoms. The molecule has 0 radical (unpaired) electrons. The number of nitrogens with zero attached hydrogens (tertiary/aromatic N) is 1. The fraction of sp³-hybridized carbons (Fsp3) is 0.368. The molecule has 1 heterocycles. The molecular formula is C19H21Cl2NO2. The lowest BCUT2D eigenvalue weighted by atomic mass is 10.00. The minimum Gasteiger partial charge on any atom is -0.497 e. The second-order valence-electron chi connectivity index (χ2n) is 5.76. The number of hydrogen-bond donors (Lipinski definition) is 0. The van der Waals surface area contributed by atoms with Crippen molar-refractivity contribution in [1.82, 2.24) is 4.90 Å². The molecule has 0 saturated carbocycles. The van der Waals surface area contributed by atoms with Crippen LogP contribution in [0.25, 0.3) is 11.1 Å². The van der Waals surface area contributed by atoms with Crippen molar-refractivity contribution in [3.63, 3.8) is 0 Å². The third-order valence-corrected chi connectivity index (χ3v) is 5.30. The molecule has 1 aliphatic rings. The van der Waals surface area contributed by atoms with Gasteiger partial charge in [0.15, 0.2) is 6.23 Å². The fourth-order valence-corrected chi connectivity index (χ4v) is 3.58. The van der Waals surface area contributed by atoms with Crippen molar-refractivity contribution < 1.29 is 9.47 Å². The average molecular weight is 366 g/mol. The summed E-state index contributed by atoms with van der Waals surface area (Å²) in [5.41, 5.74) is 2.92. The summed E-state index contributed by atoms with van der Waals surface area (Å²) in [6, 6.07) is 9.64. The predicted octanol–water partition coefficient (Wildman–Crippen LogP) is 5.27. The summed E-state index contributed by atoms with van der Waals surface area (Å²) < 4.78 is 11.8. The summed E-state index contributed by atoms with van der Waals surface area (Å²) >= 11 is 12.6. The Hall–Kier alpha value is -1.42. The fourth-order valence-electron chi connectivity index (χ4n) is 3.18. The minimum absolute atomic E-state index is 0.0406. The normalized spacial score (nSPS) is 16.2. The lowest BCUT2D eigenvalue weighted by Gasteiger charge is -2.25. The van der Waals surface area contributed by atoms with Crippen molar-refractivity contribution in [3.8, 4) is 22.6 Å². The van der Waals surface area contributed by atoms with E-state index in [1.165, 1.54) is 0 Å². The second kappa shape index (κ2) is 7.22. The standard InChI is InChI=1S/C19H21Cl2NO2/c1-4-22(5-2)17-10-12-9-13(23-3)11-15(19(12)24-17)14-7-6-8-16(20)18(14)21/h6-9,11,17H,4-5,10H2,1-3H3. The van der Waals surface area contributed by atoms with E-state index >= 15 is 0 Å². The molecular weight excluding hydrogens is 345 g/mol. The van der Waals surface area contributed by atoms with Crippen molar-refractivity contribution in [2.24, 2.45) is 0 Å². The zero-order valence-corrected chi connectivity index (χ0v) is 15.6. The van der Waals surface area contributed by atoms with Crippen molar-refractivity contribution in [2.75, 3.05) is 20.2 Å². The van der Waals surface area contributed by atoms with Crippen molar-refractivity contribution in [2.45, 2.75) is 26.5 Å². The van der Waals surface area contributed by atoms with Crippen LogP contribution in [0.2, 0.25) is 10.0 Å². The molecule has 0 fully saturated rings. The van der Waals surface area contributed by atoms with Gasteiger partial charge in [0, 0.05) is 23.1 Å². The van der Waals surface area contributed by atoms with E-state index in [0.29, 0.717) is 10.0 Å². The summed E-state index contributed by atoms with van der Waals surface area (Å²) in [5.74, 6) is 1.67. The van der Waals surface area contributed by atoms with Gasteiger partial charge in [0.1, 0.15) is 11.5 Å². The van der Waals surface area contributed by atoms with Gasteiger partial charge in [0.05, 0.1) is 17.2 Å². The number of halogens is 2. The maximum absolute atomic E-state index is 6.44. The first kappa shape index (κ1) is 17.4. The Morgan fingerprint density at radius 2 is 1.92 bits per heavy atom. The number of ether oxygens (including phenoxy) is 2. The molecule has 0 spiro atoms. The lowest BCUT2D eigenvalue weighted by Crippen LogP contribution is -2.38. The Kier molecular flexibility index (Phi) is 5.24. The Morgan fingerprint density at radius 3 is 2.58 bits per heavy atom. The van der Waals surface area contributed by atoms with E-state index in [0.717, 1.165) is 47.7 Å². The molecule has 24 heavy (non-hydrogen) atoms. The molecule has 2 aromatic carbocycles. The van der Waals surface area contributed by atoms with E-state index in [9.17, 15) is 0 Å². The van der Waals surface area contributed by atoms with Crippen LogP contribution in [0.15, 0.2) is 30.3 Å². The molecule has 1 aliphatic heterocycles. The van der Waals surface area contributed by atoms with Crippen LogP contribution in [0.1, 0.15) is 19.4 Å². The van der Waals surface area contributed by atoms with Crippen LogP contribution >= 0.6 is 23.2 Å². The van der Waals surface area contributed by atoms with Gasteiger partial charge in [-0.15, -0.1) is 0 Å². The SMILES string of the molecule is CCN(CC)C1Cc2cc(OC)cc(-c3cccc(Cl)c3Cl)c2O1. The predicted molar refractivity (Wildman–Crippen MR) is 99.5 cm³/mol. The molecule has 2 aromatic rings. The Bertz CT molecular complexity index is 744. The highest BCUT2D eigenvalue weighted by Gasteiger charge is 2.30. The van der Waals surface area contributed by atoms with Crippen LogP contribution in [-0.4, -0.2) is 31.3 Å². The van der Waals surface area contributed by atoms with Gasteiger partial charge in [-0.2, -0.15) is 0 Å². The van der Waals surface area contributed by atoms with Crippen LogP contribution in [0, 0.1) is 0 Å². The van der Waals surface area contributed by atoms with E-state index in [-0.39, 0.29) is 6.23 Å². The molecule has 0 aliphatic carbocycles. The van der Waals surface area contributed by atoms with Crippen LogP contribution in [0.5, 0.6) is 11.5 Å². The second-order valence-corrected chi connectivity index (χ2v) is 6.55. The summed E-state index contributed by atoms with van der Waals surface area (Å²) in [5, 5.41) is 1.06. The molecule has 0 bridgehead atoms. The van der Waals surface area contributed by atoms with E-state index in [4.69, 9.17) is 32.7 Å². The number of likely N-dealkylation sites (N-methyl/N-ethyl adjacent to an activating group) is 1. The monoisotopic (exact) mass is 365 g/mol. The van der Waals surface area contributed by atoms with Gasteiger partial charge in [-0.05, 0) is 31.3 Å². The molecule has 3 rings (SSSR count). The third-order valence-electron chi connectivity index (χ3n) is 4.48. The van der Waals surface area contributed by atoms with Gasteiger partial charge in [0.2, 0.25) is 0 Å². The summed E-state index contributed by atoms with van der Waals surface area (Å²) in [6.45, 7) is 6.18. The molecule has 0 amide bonds. The highest BCUT2D eigenvalue weighted by molar-refractivity contribution is 6.43. The zero-order valence-electron chi connectivity index (χ0n) is 14.1. The summed E-state index contributed by atoms with van der Waals surface area (Å²) in [4.78, 5) is 2.30. The molecule has 0 N–H and O–H groups in total. The Morgan fingerprint density at radius 1 is 1.17 bits per heavy atom. The van der Waals surface area contributed by atoms with E-state index in [1.807, 2.05) is 24.3 Å². The highest BCUT2D eigenvalue weighted by Crippen LogP contribution is 2.45. The average Bonchev–Trinajstić information content (AvgIpc) is 3.01. The minimum atomic E-state index is 0.0406. The van der Waals surface area contributed by atoms with Crippen molar-refractivity contribution >= 4 is 23.2 Å². The molecule has 1 atom stereocenters. The smallest absolute Gasteiger partial charge is 0.156 e. The van der Waals surface area contributed by atoms with Gasteiger partial charge in [-0.25, -0.2) is 0 Å². The third kappa shape index (κ3) is 3.08. The number of hydrogen-bond acceptors (Lipinski definition) is 3. The van der Waals surface area contributed by atoms with Gasteiger partial charge >= 0.3 is 0 Å². The first-order chi connectivity index (χ1) is 11.6. The first-order valence-electron chi connectivity index (χ1n) is 8.15. The molecule has 0 saturated heterocycles. The van der Waals surface area contributed by atoms with Crippen LogP contribution in [-0.2, 0) is 6.42 Å². The molecule has 1 unspecified atom stereocenters. The highest BCUT2D eigenvalue weighted by atomic mass is 35.5. The number of rotatable bonds is 5. The molecule has 128 valence electrons. The van der Waals surface area contributed by atoms with Crippen molar-refractivity contribution in [3.05, 3.63) is 45.9 Å². The quantitative estimate of drug-likeness (QED) is 0.719. The molecule has 3 nitrogen and oxygen atoms in total. The van der Waals surface area contributed by atoms with E-state index in [2.05, 4.69) is 18.7 Å². The first-order valence-corrected chi connectivity index (χ1v) is 8.90. The topological polar surface area (TPSA) is 21.7 Å². The number of methoxy groups -OCH3 is 1. The van der Waals surface area contributed by atoms with Crippen LogP contribution in [0.3, 0.4) is 0 Å².